The number of nitrogens with one attached hydrogen (secondary N) is 2. The molecule has 7 nitrogen and oxygen atoms in total. The van der Waals surface area contributed by atoms with Gasteiger partial charge in [0.2, 0.25) is 5.91 Å². The van der Waals surface area contributed by atoms with E-state index < -0.39 is 5.97 Å². The molecule has 0 saturated heterocycles. The summed E-state index contributed by atoms with van der Waals surface area (Å²) in [5.41, 5.74) is -0.0284. The Morgan fingerprint density at radius 2 is 2.12 bits per heavy atom. The van der Waals surface area contributed by atoms with Crippen molar-refractivity contribution in [3.8, 4) is 0 Å². The Morgan fingerprint density at radius 3 is 2.79 bits per heavy atom. The van der Waals surface area contributed by atoms with E-state index in [9.17, 15) is 14.4 Å². The maximum Gasteiger partial charge on any atom is 0.311 e. The maximum atomic E-state index is 12.3. The Bertz CT molecular complexity index is 640. The van der Waals surface area contributed by atoms with Crippen LogP contribution < -0.4 is 10.9 Å². The molecule has 0 radical (unpaired) electrons. The fourth-order valence-corrected chi connectivity index (χ4v) is 3.48. The van der Waals surface area contributed by atoms with Crippen LogP contribution in [0.5, 0.6) is 0 Å². The van der Waals surface area contributed by atoms with E-state index in [1.165, 1.54) is 31.4 Å². The molecule has 1 unspecified atom stereocenters. The summed E-state index contributed by atoms with van der Waals surface area (Å²) in [6, 6.07) is 1.50. The molecule has 2 N–H and O–H groups in total. The SMILES string of the molecule is COC(=O)Cc1cc(=O)[nH]c(SC(C)C(=O)NC2CCCCC2)n1. The number of amides is 1. The molecule has 1 saturated carbocycles. The molecule has 1 amide bonds. The highest BCUT2D eigenvalue weighted by molar-refractivity contribution is 8.00. The second kappa shape index (κ2) is 8.86. The van der Waals surface area contributed by atoms with Gasteiger partial charge in [-0.15, -0.1) is 0 Å². The highest BCUT2D eigenvalue weighted by Gasteiger charge is 2.21. The first-order valence-corrected chi connectivity index (χ1v) is 9.00. The first-order valence-electron chi connectivity index (χ1n) is 8.12. The van der Waals surface area contributed by atoms with E-state index in [0.717, 1.165) is 25.7 Å². The lowest BCUT2D eigenvalue weighted by Crippen LogP contribution is -2.40. The molecule has 0 aromatic carbocycles. The number of thioether (sulfide) groups is 1. The Hall–Kier alpha value is -1.83. The van der Waals surface area contributed by atoms with Gasteiger partial charge in [0.25, 0.3) is 5.56 Å². The van der Waals surface area contributed by atoms with Gasteiger partial charge in [-0.25, -0.2) is 4.98 Å². The Labute approximate surface area is 145 Å². The van der Waals surface area contributed by atoms with Crippen LogP contribution in [0.15, 0.2) is 16.0 Å². The highest BCUT2D eigenvalue weighted by atomic mass is 32.2. The smallest absolute Gasteiger partial charge is 0.311 e. The Kier molecular flexibility index (Phi) is 6.84. The van der Waals surface area contributed by atoms with Crippen molar-refractivity contribution in [3.63, 3.8) is 0 Å². The normalized spacial score (nSPS) is 16.4. The van der Waals surface area contributed by atoms with E-state index in [1.807, 2.05) is 0 Å². The Balaban J connectivity index is 1.97. The summed E-state index contributed by atoms with van der Waals surface area (Å²) in [7, 11) is 1.28. The second-order valence-corrected chi connectivity index (χ2v) is 7.23. The fourth-order valence-electron chi connectivity index (χ4n) is 2.64. The summed E-state index contributed by atoms with van der Waals surface area (Å²) in [5, 5.41) is 3.00. The average molecular weight is 353 g/mol. The molecule has 1 atom stereocenters. The third-order valence-electron chi connectivity index (χ3n) is 3.94. The number of carbonyl (C=O) groups excluding carboxylic acids is 2. The molecule has 2 rings (SSSR count). The van der Waals surface area contributed by atoms with Crippen molar-refractivity contribution in [2.75, 3.05) is 7.11 Å². The number of aromatic nitrogens is 2. The van der Waals surface area contributed by atoms with E-state index in [-0.39, 0.29) is 29.2 Å². The number of esters is 1. The number of ether oxygens (including phenoxy) is 1. The summed E-state index contributed by atoms with van der Waals surface area (Å²) in [4.78, 5) is 42.1. The van der Waals surface area contributed by atoms with Crippen LogP contribution in [0.1, 0.15) is 44.7 Å². The van der Waals surface area contributed by atoms with Crippen molar-refractivity contribution in [1.82, 2.24) is 15.3 Å². The standard InChI is InChI=1S/C16H23N3O4S/c1-10(15(22)17-11-6-4-3-5-7-11)24-16-18-12(8-13(20)19-16)9-14(21)23-2/h8,10-11H,3-7,9H2,1-2H3,(H,17,22)(H,18,19,20). The van der Waals surface area contributed by atoms with Crippen molar-refractivity contribution in [3.05, 3.63) is 22.1 Å². The number of hydrogen-bond acceptors (Lipinski definition) is 6. The van der Waals surface area contributed by atoms with E-state index in [1.54, 1.807) is 6.92 Å². The topological polar surface area (TPSA) is 101 Å². The number of methoxy groups -OCH3 is 1. The molecule has 1 aromatic rings. The maximum absolute atomic E-state index is 12.3. The first-order chi connectivity index (χ1) is 11.5. The monoisotopic (exact) mass is 353 g/mol. The van der Waals surface area contributed by atoms with Crippen molar-refractivity contribution >= 4 is 23.6 Å². The molecular weight excluding hydrogens is 330 g/mol. The first kappa shape index (κ1) is 18.5. The molecular formula is C16H23N3O4S. The summed E-state index contributed by atoms with van der Waals surface area (Å²) in [6.07, 6.45) is 5.50. The molecule has 0 aliphatic heterocycles. The van der Waals surface area contributed by atoms with Gasteiger partial charge in [0.05, 0.1) is 24.5 Å². The summed E-state index contributed by atoms with van der Waals surface area (Å²) < 4.78 is 4.58. The largest absolute Gasteiger partial charge is 0.469 e. The third kappa shape index (κ3) is 5.67. The molecule has 0 spiro atoms. The van der Waals surface area contributed by atoms with Gasteiger partial charge >= 0.3 is 5.97 Å². The van der Waals surface area contributed by atoms with Crippen LogP contribution in [0.2, 0.25) is 0 Å². The number of aromatic amines is 1. The zero-order chi connectivity index (χ0) is 17.5. The van der Waals surface area contributed by atoms with E-state index in [4.69, 9.17) is 0 Å². The van der Waals surface area contributed by atoms with E-state index in [2.05, 4.69) is 20.0 Å². The van der Waals surface area contributed by atoms with Gasteiger partial charge in [0, 0.05) is 12.1 Å². The van der Waals surface area contributed by atoms with Crippen LogP contribution in [-0.4, -0.2) is 40.2 Å². The lowest BCUT2D eigenvalue weighted by atomic mass is 9.95. The predicted molar refractivity (Wildman–Crippen MR) is 90.9 cm³/mol. The lowest BCUT2D eigenvalue weighted by Gasteiger charge is -2.24. The minimum atomic E-state index is -0.466. The molecule has 8 heteroatoms. The summed E-state index contributed by atoms with van der Waals surface area (Å²) in [5.74, 6) is -0.528. The predicted octanol–water partition coefficient (Wildman–Crippen LogP) is 1.41. The zero-order valence-corrected chi connectivity index (χ0v) is 14.8. The molecule has 1 heterocycles. The van der Waals surface area contributed by atoms with Crippen molar-refractivity contribution in [2.24, 2.45) is 0 Å². The minimum Gasteiger partial charge on any atom is -0.469 e. The average Bonchev–Trinajstić information content (AvgIpc) is 2.55. The van der Waals surface area contributed by atoms with Crippen LogP contribution in [0.4, 0.5) is 0 Å². The quantitative estimate of drug-likeness (QED) is 0.456. The van der Waals surface area contributed by atoms with Gasteiger partial charge in [-0.3, -0.25) is 14.4 Å². The zero-order valence-electron chi connectivity index (χ0n) is 14.0. The van der Waals surface area contributed by atoms with Crippen molar-refractivity contribution in [1.29, 1.82) is 0 Å². The van der Waals surface area contributed by atoms with Crippen molar-refractivity contribution in [2.45, 2.75) is 61.9 Å². The number of hydrogen-bond donors (Lipinski definition) is 2. The van der Waals surface area contributed by atoms with Gasteiger partial charge in [0.15, 0.2) is 5.16 Å². The molecule has 0 bridgehead atoms. The van der Waals surface area contributed by atoms with Crippen molar-refractivity contribution < 1.29 is 14.3 Å². The molecule has 1 aliphatic carbocycles. The van der Waals surface area contributed by atoms with Gasteiger partial charge in [-0.1, -0.05) is 31.0 Å². The van der Waals surface area contributed by atoms with E-state index >= 15 is 0 Å². The number of nitrogens with zero attached hydrogens (tertiary/aromatic N) is 1. The highest BCUT2D eigenvalue weighted by Crippen LogP contribution is 2.21. The number of rotatable bonds is 6. The van der Waals surface area contributed by atoms with Crippen LogP contribution in [-0.2, 0) is 20.7 Å². The molecule has 24 heavy (non-hydrogen) atoms. The fraction of sp³-hybridized carbons (Fsp3) is 0.625. The lowest BCUT2D eigenvalue weighted by molar-refractivity contribution is -0.139. The van der Waals surface area contributed by atoms with Gasteiger partial charge in [-0.05, 0) is 19.8 Å². The third-order valence-corrected chi connectivity index (χ3v) is 4.92. The molecule has 1 aliphatic rings. The van der Waals surface area contributed by atoms with Crippen LogP contribution in [0, 0.1) is 0 Å². The number of H-pyrrole nitrogens is 1. The van der Waals surface area contributed by atoms with Gasteiger partial charge in [0.1, 0.15) is 0 Å². The summed E-state index contributed by atoms with van der Waals surface area (Å²) in [6.45, 7) is 1.77. The van der Waals surface area contributed by atoms with Crippen LogP contribution >= 0.6 is 11.8 Å². The molecule has 132 valence electrons. The van der Waals surface area contributed by atoms with Gasteiger partial charge < -0.3 is 15.0 Å². The van der Waals surface area contributed by atoms with Crippen LogP contribution in [0.25, 0.3) is 0 Å². The van der Waals surface area contributed by atoms with Gasteiger partial charge in [-0.2, -0.15) is 0 Å². The summed E-state index contributed by atoms with van der Waals surface area (Å²) >= 11 is 1.17. The number of carbonyl (C=O) groups is 2. The molecule has 1 aromatic heterocycles. The molecule has 1 fully saturated rings. The Morgan fingerprint density at radius 1 is 1.42 bits per heavy atom. The minimum absolute atomic E-state index is 0.0621. The van der Waals surface area contributed by atoms with Crippen LogP contribution in [0.3, 0.4) is 0 Å². The second-order valence-electron chi connectivity index (χ2n) is 5.90. The van der Waals surface area contributed by atoms with E-state index in [0.29, 0.717) is 10.9 Å².